The third-order valence-corrected chi connectivity index (χ3v) is 2.07. The summed E-state index contributed by atoms with van der Waals surface area (Å²) in [6, 6.07) is 0. The minimum atomic E-state index is -0.771. The first-order valence-electron chi connectivity index (χ1n) is 2.14. The van der Waals surface area contributed by atoms with Crippen LogP contribution in [0.1, 0.15) is 6.92 Å². The summed E-state index contributed by atoms with van der Waals surface area (Å²) in [5, 5.41) is 0. The highest BCUT2D eigenvalue weighted by Crippen LogP contribution is 2.02. The molecule has 0 aliphatic heterocycles. The first-order valence-corrected chi connectivity index (χ1v) is 3.39. The van der Waals surface area contributed by atoms with Gasteiger partial charge in [-0.2, -0.15) is 5.90 Å². The third-order valence-electron chi connectivity index (χ3n) is 0.680. The van der Waals surface area contributed by atoms with Crippen molar-refractivity contribution in [3.63, 3.8) is 0 Å². The van der Waals surface area contributed by atoms with Crippen molar-refractivity contribution >= 4 is 34.3 Å². The van der Waals surface area contributed by atoms with Gasteiger partial charge in [0, 0.05) is 0 Å². The van der Waals surface area contributed by atoms with Crippen molar-refractivity contribution in [2.75, 3.05) is 0 Å². The van der Waals surface area contributed by atoms with Gasteiger partial charge >= 0.3 is 5.97 Å². The molecule has 0 spiro atoms. The molecule has 0 saturated carbocycles. The molecular weight excluding hydrogens is 237 g/mol. The largest absolute Gasteiger partial charge is 0.372 e. The van der Waals surface area contributed by atoms with Crippen LogP contribution in [0.5, 0.6) is 0 Å². The molecule has 9 heavy (non-hydrogen) atoms. The highest BCUT2D eigenvalue weighted by molar-refractivity contribution is 14.1. The lowest BCUT2D eigenvalue weighted by molar-refractivity contribution is -0.144. The van der Waals surface area contributed by atoms with Crippen LogP contribution in [0.4, 0.5) is 0 Å². The maximum Gasteiger partial charge on any atom is 0.344 e. The molecule has 0 radical (unpaired) electrons. The lowest BCUT2D eigenvalue weighted by Crippen LogP contribution is -2.26. The zero-order valence-corrected chi connectivity index (χ0v) is 6.91. The van der Waals surface area contributed by atoms with Gasteiger partial charge < -0.3 is 4.84 Å². The van der Waals surface area contributed by atoms with Crippen LogP contribution in [0.2, 0.25) is 0 Å². The van der Waals surface area contributed by atoms with Crippen LogP contribution in [0, 0.1) is 0 Å². The number of nitrogens with two attached hydrogens (primary N) is 1. The number of hydrogen-bond donors (Lipinski definition) is 1. The van der Waals surface area contributed by atoms with Gasteiger partial charge in [0.2, 0.25) is 0 Å². The molecule has 1 atom stereocenters. The Morgan fingerprint density at radius 3 is 2.22 bits per heavy atom. The fourth-order valence-electron chi connectivity index (χ4n) is 0.226. The van der Waals surface area contributed by atoms with Gasteiger partial charge in [-0.15, -0.1) is 0 Å². The van der Waals surface area contributed by atoms with Gasteiger partial charge in [0.05, 0.1) is 0 Å². The zero-order valence-electron chi connectivity index (χ0n) is 4.76. The van der Waals surface area contributed by atoms with E-state index in [0.29, 0.717) is 0 Å². The second-order valence-corrected chi connectivity index (χ2v) is 2.66. The van der Waals surface area contributed by atoms with Crippen LogP contribution in [0.15, 0.2) is 0 Å². The Labute approximate surface area is 65.8 Å². The van der Waals surface area contributed by atoms with E-state index in [9.17, 15) is 9.59 Å². The van der Waals surface area contributed by atoms with Gasteiger partial charge in [0.25, 0.3) is 0 Å². The molecule has 2 N–H and O–H groups in total. The van der Waals surface area contributed by atoms with Crippen LogP contribution < -0.4 is 5.90 Å². The number of carbonyl (C=O) groups excluding carboxylic acids is 2. The molecule has 0 rings (SSSR count). The zero-order chi connectivity index (χ0) is 7.44. The smallest absolute Gasteiger partial charge is 0.344 e. The molecular formula is C4H6INO3. The van der Waals surface area contributed by atoms with Crippen LogP contribution in [-0.2, 0) is 14.4 Å². The summed E-state index contributed by atoms with van der Waals surface area (Å²) in [6.45, 7) is 1.30. The van der Waals surface area contributed by atoms with Crippen LogP contribution in [0.25, 0.3) is 0 Å². The third kappa shape index (κ3) is 2.75. The molecule has 0 saturated heterocycles. The molecule has 4 nitrogen and oxygen atoms in total. The van der Waals surface area contributed by atoms with E-state index in [4.69, 9.17) is 0 Å². The lowest BCUT2D eigenvalue weighted by atomic mass is 10.3. The Balaban J connectivity index is 3.88. The van der Waals surface area contributed by atoms with E-state index in [2.05, 4.69) is 10.7 Å². The number of halogens is 1. The molecule has 1 unspecified atom stereocenters. The van der Waals surface area contributed by atoms with Crippen molar-refractivity contribution in [2.24, 2.45) is 5.90 Å². The number of carbonyl (C=O) groups is 2. The Morgan fingerprint density at radius 1 is 1.67 bits per heavy atom. The van der Waals surface area contributed by atoms with Gasteiger partial charge in [-0.25, -0.2) is 4.79 Å². The van der Waals surface area contributed by atoms with E-state index in [1.165, 1.54) is 6.92 Å². The van der Waals surface area contributed by atoms with Gasteiger partial charge in [0.1, 0.15) is 0 Å². The highest BCUT2D eigenvalue weighted by Gasteiger charge is 2.19. The highest BCUT2D eigenvalue weighted by atomic mass is 127. The number of alkyl halides is 1. The molecule has 0 aliphatic carbocycles. The summed E-state index contributed by atoms with van der Waals surface area (Å²) in [4.78, 5) is 24.6. The number of hydrogen-bond acceptors (Lipinski definition) is 4. The van der Waals surface area contributed by atoms with Gasteiger partial charge in [-0.05, 0) is 6.92 Å². The summed E-state index contributed by atoms with van der Waals surface area (Å²) in [5.41, 5.74) is 0. The van der Waals surface area contributed by atoms with E-state index in [1.807, 2.05) is 0 Å². The average Bonchev–Trinajstić information content (AvgIpc) is 1.84. The first kappa shape index (κ1) is 8.83. The van der Waals surface area contributed by atoms with Crippen molar-refractivity contribution in [3.05, 3.63) is 0 Å². The van der Waals surface area contributed by atoms with E-state index >= 15 is 0 Å². The van der Waals surface area contributed by atoms with Gasteiger partial charge in [0.15, 0.2) is 9.71 Å². The standard InChI is InChI=1S/C4H6INO3/c1-2(7)3(5)4(8)9-6/h3H,6H2,1H3. The Bertz CT molecular complexity index is 136. The second-order valence-electron chi connectivity index (χ2n) is 1.41. The van der Waals surface area contributed by atoms with E-state index < -0.39 is 9.89 Å². The predicted molar refractivity (Wildman–Crippen MR) is 38.8 cm³/mol. The van der Waals surface area contributed by atoms with Crippen LogP contribution in [-0.4, -0.2) is 15.7 Å². The lowest BCUT2D eigenvalue weighted by Gasteiger charge is -1.99. The summed E-state index contributed by atoms with van der Waals surface area (Å²) in [6.07, 6.45) is 0. The van der Waals surface area contributed by atoms with Crippen molar-refractivity contribution in [3.8, 4) is 0 Å². The molecule has 0 aliphatic rings. The Morgan fingerprint density at radius 2 is 2.11 bits per heavy atom. The topological polar surface area (TPSA) is 69.4 Å². The molecule has 0 bridgehead atoms. The Kier molecular flexibility index (Phi) is 3.71. The van der Waals surface area contributed by atoms with E-state index in [-0.39, 0.29) is 5.78 Å². The number of rotatable bonds is 2. The van der Waals surface area contributed by atoms with Crippen molar-refractivity contribution in [1.29, 1.82) is 0 Å². The summed E-state index contributed by atoms with van der Waals surface area (Å²) >= 11 is 1.65. The maximum absolute atomic E-state index is 10.4. The van der Waals surface area contributed by atoms with E-state index in [1.54, 1.807) is 22.6 Å². The quantitative estimate of drug-likeness (QED) is 0.315. The minimum absolute atomic E-state index is 0.258. The monoisotopic (exact) mass is 243 g/mol. The predicted octanol–water partition coefficient (Wildman–Crippen LogP) is -0.204. The number of Topliss-reactive ketones (excluding diaryl/α,β-unsaturated/α-hetero) is 1. The average molecular weight is 243 g/mol. The van der Waals surface area contributed by atoms with E-state index in [0.717, 1.165) is 0 Å². The van der Waals surface area contributed by atoms with Crippen molar-refractivity contribution in [2.45, 2.75) is 10.8 Å². The minimum Gasteiger partial charge on any atom is -0.372 e. The molecule has 0 fully saturated rings. The molecule has 0 aromatic heterocycles. The number of ketones is 1. The Hall–Kier alpha value is -0.170. The maximum atomic E-state index is 10.4. The molecule has 0 heterocycles. The second kappa shape index (κ2) is 3.78. The fraction of sp³-hybridized carbons (Fsp3) is 0.500. The van der Waals surface area contributed by atoms with Crippen LogP contribution in [0.3, 0.4) is 0 Å². The summed E-state index contributed by atoms with van der Waals surface area (Å²) in [5.74, 6) is 3.54. The van der Waals surface area contributed by atoms with Gasteiger partial charge in [-0.3, -0.25) is 4.79 Å². The van der Waals surface area contributed by atoms with Crippen molar-refractivity contribution < 1.29 is 14.4 Å². The molecule has 0 aromatic rings. The molecule has 0 amide bonds. The SMILES string of the molecule is CC(=O)C(I)C(=O)ON. The normalized spacial score (nSPS) is 12.3. The van der Waals surface area contributed by atoms with Crippen LogP contribution >= 0.6 is 22.6 Å². The van der Waals surface area contributed by atoms with Crippen molar-refractivity contribution in [1.82, 2.24) is 0 Å². The fourth-order valence-corrected chi connectivity index (χ4v) is 0.373. The first-order chi connectivity index (χ1) is 4.09. The molecule has 52 valence electrons. The molecule has 5 heteroatoms. The summed E-state index contributed by atoms with van der Waals surface area (Å²) < 4.78 is -0.771. The van der Waals surface area contributed by atoms with Gasteiger partial charge in [-0.1, -0.05) is 22.6 Å². The summed E-state index contributed by atoms with van der Waals surface area (Å²) in [7, 11) is 0. The molecule has 0 aromatic carbocycles.